The van der Waals surface area contributed by atoms with Crippen LogP contribution in [0.25, 0.3) is 17.1 Å². The van der Waals surface area contributed by atoms with Gasteiger partial charge in [0.2, 0.25) is 5.91 Å². The maximum atomic E-state index is 12.6. The number of aryl methyl sites for hydroxylation is 2. The standard InChI is InChI=1S/C29H25F3N6O4S/c1-17-4-5-18(2)24(14-17)38-25(39)15-43-28(38)34-27(40)36-42-19(3)20-6-8-21(9-7-20)26-33-16-37(35-26)22-10-12-23(13-11-22)41-29(30,31)32/h4-14,16,19H,15H2,1-3H3,(H,36,40)/b34-28-. The molecule has 1 fully saturated rings. The molecule has 1 saturated heterocycles. The Morgan fingerprint density at radius 2 is 1.79 bits per heavy atom. The zero-order valence-electron chi connectivity index (χ0n) is 23.1. The molecular weight excluding hydrogens is 585 g/mol. The molecule has 0 aliphatic carbocycles. The van der Waals surface area contributed by atoms with Crippen molar-refractivity contribution >= 4 is 34.6 Å². The molecule has 0 spiro atoms. The topological polar surface area (TPSA) is 111 Å². The van der Waals surface area contributed by atoms with Crippen molar-refractivity contribution in [3.63, 3.8) is 0 Å². The summed E-state index contributed by atoms with van der Waals surface area (Å²) < 4.78 is 42.5. The van der Waals surface area contributed by atoms with Gasteiger partial charge in [-0.25, -0.2) is 19.9 Å². The number of ether oxygens (including phenoxy) is 1. The van der Waals surface area contributed by atoms with Crippen molar-refractivity contribution in [2.45, 2.75) is 33.2 Å². The minimum Gasteiger partial charge on any atom is -0.406 e. The Balaban J connectivity index is 1.19. The lowest BCUT2D eigenvalue weighted by Gasteiger charge is -2.19. The second kappa shape index (κ2) is 12.3. The van der Waals surface area contributed by atoms with Crippen LogP contribution < -0.4 is 15.1 Å². The Kier molecular flexibility index (Phi) is 8.50. The van der Waals surface area contributed by atoms with Gasteiger partial charge in [-0.1, -0.05) is 48.2 Å². The SMILES string of the molecule is Cc1ccc(C)c(N2C(=O)CS/C2=N\C(=O)NOC(C)c2ccc(-c3ncn(-c4ccc(OC(F)(F)F)cc4)n3)cc2)c1. The summed E-state index contributed by atoms with van der Waals surface area (Å²) in [4.78, 5) is 40.4. The summed E-state index contributed by atoms with van der Waals surface area (Å²) in [6, 6.07) is 17.4. The average molecular weight is 611 g/mol. The summed E-state index contributed by atoms with van der Waals surface area (Å²) in [6.07, 6.45) is -3.85. The quantitative estimate of drug-likeness (QED) is 0.245. The molecule has 3 aromatic carbocycles. The molecule has 0 bridgehead atoms. The number of carbonyl (C=O) groups is 2. The fourth-order valence-electron chi connectivity index (χ4n) is 4.18. The first kappa shape index (κ1) is 29.8. The molecule has 1 aromatic heterocycles. The lowest BCUT2D eigenvalue weighted by atomic mass is 10.1. The highest BCUT2D eigenvalue weighted by atomic mass is 32.2. The van der Waals surface area contributed by atoms with Gasteiger partial charge in [-0.15, -0.1) is 18.3 Å². The number of anilines is 1. The van der Waals surface area contributed by atoms with Crippen LogP contribution >= 0.6 is 11.8 Å². The molecule has 1 atom stereocenters. The van der Waals surface area contributed by atoms with Gasteiger partial charge in [0.1, 0.15) is 18.2 Å². The molecule has 0 saturated carbocycles. The van der Waals surface area contributed by atoms with E-state index in [1.807, 2.05) is 32.0 Å². The zero-order valence-corrected chi connectivity index (χ0v) is 23.9. The van der Waals surface area contributed by atoms with Crippen LogP contribution in [0.15, 0.2) is 78.0 Å². The number of benzene rings is 3. The monoisotopic (exact) mass is 610 g/mol. The van der Waals surface area contributed by atoms with Gasteiger partial charge in [-0.2, -0.15) is 4.99 Å². The Labute approximate surface area is 248 Å². The molecule has 1 aliphatic rings. The van der Waals surface area contributed by atoms with E-state index in [4.69, 9.17) is 4.84 Å². The summed E-state index contributed by atoms with van der Waals surface area (Å²) in [6.45, 7) is 5.56. The number of carbonyl (C=O) groups excluding carboxylic acids is 2. The maximum Gasteiger partial charge on any atom is 0.573 e. The molecule has 5 rings (SSSR count). The predicted molar refractivity (Wildman–Crippen MR) is 155 cm³/mol. The summed E-state index contributed by atoms with van der Waals surface area (Å²) in [5, 5.41) is 4.66. The predicted octanol–water partition coefficient (Wildman–Crippen LogP) is 6.29. The minimum atomic E-state index is -4.77. The fourth-order valence-corrected chi connectivity index (χ4v) is 5.04. The van der Waals surface area contributed by atoms with Crippen LogP contribution in [-0.2, 0) is 9.63 Å². The van der Waals surface area contributed by atoms with Crippen LogP contribution in [0.3, 0.4) is 0 Å². The third kappa shape index (κ3) is 7.21. The van der Waals surface area contributed by atoms with E-state index in [0.717, 1.165) is 16.7 Å². The minimum absolute atomic E-state index is 0.160. The van der Waals surface area contributed by atoms with Gasteiger partial charge in [0.15, 0.2) is 11.0 Å². The molecule has 222 valence electrons. The van der Waals surface area contributed by atoms with Gasteiger partial charge in [-0.3, -0.25) is 14.5 Å². The lowest BCUT2D eigenvalue weighted by molar-refractivity contribution is -0.274. The van der Waals surface area contributed by atoms with E-state index >= 15 is 0 Å². The van der Waals surface area contributed by atoms with Gasteiger partial charge < -0.3 is 4.74 Å². The number of hydrogen-bond donors (Lipinski definition) is 1. The van der Waals surface area contributed by atoms with E-state index < -0.39 is 18.5 Å². The molecule has 1 unspecified atom stereocenters. The van der Waals surface area contributed by atoms with Gasteiger partial charge in [-0.05, 0) is 67.8 Å². The van der Waals surface area contributed by atoms with Crippen LogP contribution in [0, 0.1) is 13.8 Å². The maximum absolute atomic E-state index is 12.6. The lowest BCUT2D eigenvalue weighted by Crippen LogP contribution is -2.32. The molecule has 10 nitrogen and oxygen atoms in total. The normalized spacial score (nSPS) is 15.2. The first-order valence-corrected chi connectivity index (χ1v) is 13.9. The Morgan fingerprint density at radius 3 is 2.49 bits per heavy atom. The van der Waals surface area contributed by atoms with Crippen molar-refractivity contribution in [2.24, 2.45) is 4.99 Å². The highest BCUT2D eigenvalue weighted by Gasteiger charge is 2.32. The second-order valence-corrected chi connectivity index (χ2v) is 10.5. The Hall–Kier alpha value is -4.69. The van der Waals surface area contributed by atoms with Gasteiger partial charge in [0.25, 0.3) is 0 Å². The van der Waals surface area contributed by atoms with E-state index in [1.165, 1.54) is 51.9 Å². The molecule has 1 N–H and O–H groups in total. The average Bonchev–Trinajstić information content (AvgIpc) is 3.60. The van der Waals surface area contributed by atoms with Crippen LogP contribution in [0.1, 0.15) is 29.7 Å². The first-order valence-electron chi connectivity index (χ1n) is 12.9. The number of thioether (sulfide) groups is 1. The number of aromatic nitrogens is 3. The first-order chi connectivity index (χ1) is 20.5. The largest absolute Gasteiger partial charge is 0.573 e. The number of amides is 3. The number of urea groups is 1. The van der Waals surface area contributed by atoms with Crippen LogP contribution in [0.5, 0.6) is 5.75 Å². The van der Waals surface area contributed by atoms with E-state index in [1.54, 1.807) is 31.2 Å². The van der Waals surface area contributed by atoms with Crippen molar-refractivity contribution in [3.05, 3.63) is 89.7 Å². The highest BCUT2D eigenvalue weighted by molar-refractivity contribution is 8.15. The Bertz CT molecular complexity index is 1670. The number of hydroxylamine groups is 1. The number of rotatable bonds is 7. The van der Waals surface area contributed by atoms with Gasteiger partial charge >= 0.3 is 12.4 Å². The van der Waals surface area contributed by atoms with E-state index in [0.29, 0.717) is 22.8 Å². The number of nitrogens with one attached hydrogen (secondary N) is 1. The number of amidine groups is 1. The van der Waals surface area contributed by atoms with Crippen molar-refractivity contribution in [3.8, 4) is 22.8 Å². The van der Waals surface area contributed by atoms with Gasteiger partial charge in [0.05, 0.1) is 17.1 Å². The fraction of sp³-hybridized carbons (Fsp3) is 0.207. The van der Waals surface area contributed by atoms with E-state index in [2.05, 4.69) is 25.3 Å². The third-order valence-corrected chi connectivity index (χ3v) is 7.28. The number of nitrogens with zero attached hydrogens (tertiary/aromatic N) is 5. The van der Waals surface area contributed by atoms with Crippen molar-refractivity contribution in [2.75, 3.05) is 10.7 Å². The molecule has 3 amide bonds. The molecule has 14 heteroatoms. The summed E-state index contributed by atoms with van der Waals surface area (Å²) in [7, 11) is 0. The third-order valence-electron chi connectivity index (χ3n) is 6.36. The number of halogens is 3. The highest BCUT2D eigenvalue weighted by Crippen LogP contribution is 2.30. The van der Waals surface area contributed by atoms with E-state index in [-0.39, 0.29) is 22.6 Å². The Morgan fingerprint density at radius 1 is 1.07 bits per heavy atom. The van der Waals surface area contributed by atoms with Crippen LogP contribution in [-0.4, -0.2) is 44.0 Å². The van der Waals surface area contributed by atoms with Crippen molar-refractivity contribution in [1.82, 2.24) is 20.2 Å². The van der Waals surface area contributed by atoms with Crippen molar-refractivity contribution < 1.29 is 32.3 Å². The molecule has 0 radical (unpaired) electrons. The molecule has 43 heavy (non-hydrogen) atoms. The van der Waals surface area contributed by atoms with E-state index in [9.17, 15) is 22.8 Å². The molecule has 4 aromatic rings. The smallest absolute Gasteiger partial charge is 0.406 e. The van der Waals surface area contributed by atoms with Crippen LogP contribution in [0.4, 0.5) is 23.7 Å². The van der Waals surface area contributed by atoms with Gasteiger partial charge in [0, 0.05) is 5.56 Å². The molecule has 2 heterocycles. The summed E-state index contributed by atoms with van der Waals surface area (Å²) in [5.74, 6) is 0.0857. The summed E-state index contributed by atoms with van der Waals surface area (Å²) >= 11 is 1.18. The zero-order chi connectivity index (χ0) is 30.7. The number of hydrogen-bond acceptors (Lipinski definition) is 7. The molecular formula is C29H25F3N6O4S. The second-order valence-electron chi connectivity index (χ2n) is 9.55. The molecule has 1 aliphatic heterocycles. The summed E-state index contributed by atoms with van der Waals surface area (Å²) in [5.41, 5.74) is 6.82. The van der Waals surface area contributed by atoms with Crippen molar-refractivity contribution in [1.29, 1.82) is 0 Å². The number of alkyl halides is 3. The van der Waals surface area contributed by atoms with Crippen LogP contribution in [0.2, 0.25) is 0 Å². The number of aliphatic imine (C=N–C) groups is 1.